The maximum Gasteiger partial charge on any atom is 0.453 e. The SMILES string of the molecule is CC(=O)O[C@H]1CC[C@@H]2C[C@@H](c3ccc(O)cc3)[C@@H](c3ccc(OCCCCCS(=O)CCCC(F)(F)C(F)(F)F)cc3)C[C@]21C. The molecular weight excluding hydrogens is 615 g/mol. The van der Waals surface area contributed by atoms with Gasteiger partial charge in [-0.05, 0) is 105 Å². The van der Waals surface area contributed by atoms with Crippen molar-refractivity contribution in [2.45, 2.75) is 102 Å². The standard InChI is InChI=1S/C34H43F5O5S/c1-23(40)44-31-16-11-26-21-29(24-7-12-27(41)13-8-24)30(22-32(26,31)2)25-9-14-28(15-10-25)43-18-4-3-5-19-45(42)20-6-17-33(35,36)34(37,38)39/h7-10,12-15,26,29-31,41H,3-6,11,16-22H2,1-2H3/t26-,29+,30-,31+,32-,45?/m1/s1. The molecule has 2 saturated carbocycles. The molecule has 45 heavy (non-hydrogen) atoms. The van der Waals surface area contributed by atoms with E-state index in [1.54, 1.807) is 12.1 Å². The zero-order chi connectivity index (χ0) is 32.8. The third-order valence-electron chi connectivity index (χ3n) is 9.63. The number of phenols is 1. The summed E-state index contributed by atoms with van der Waals surface area (Å²) in [7, 11) is -1.44. The number of ether oxygens (including phenoxy) is 2. The molecule has 0 radical (unpaired) electrons. The van der Waals surface area contributed by atoms with Gasteiger partial charge in [0.15, 0.2) is 0 Å². The fourth-order valence-corrected chi connectivity index (χ4v) is 8.32. The molecule has 0 bridgehead atoms. The van der Waals surface area contributed by atoms with Crippen molar-refractivity contribution in [2.75, 3.05) is 18.1 Å². The molecule has 250 valence electrons. The van der Waals surface area contributed by atoms with Crippen molar-refractivity contribution < 1.29 is 45.5 Å². The van der Waals surface area contributed by atoms with E-state index < -0.39 is 35.7 Å². The smallest absolute Gasteiger partial charge is 0.453 e. The highest BCUT2D eigenvalue weighted by Crippen LogP contribution is 2.61. The second kappa shape index (κ2) is 14.8. The van der Waals surface area contributed by atoms with Gasteiger partial charge in [-0.15, -0.1) is 0 Å². The zero-order valence-corrected chi connectivity index (χ0v) is 26.6. The van der Waals surface area contributed by atoms with E-state index in [0.717, 1.165) is 25.7 Å². The molecule has 6 atom stereocenters. The summed E-state index contributed by atoms with van der Waals surface area (Å²) in [6.07, 6.45) is -1.81. The lowest BCUT2D eigenvalue weighted by Crippen LogP contribution is -2.42. The van der Waals surface area contributed by atoms with Gasteiger partial charge in [-0.3, -0.25) is 9.00 Å². The van der Waals surface area contributed by atoms with E-state index in [2.05, 4.69) is 19.1 Å². The van der Waals surface area contributed by atoms with E-state index in [0.29, 0.717) is 37.5 Å². The normalized spacial score (nSPS) is 25.8. The summed E-state index contributed by atoms with van der Waals surface area (Å²) < 4.78 is 86.4. The van der Waals surface area contributed by atoms with Crippen LogP contribution in [0, 0.1) is 11.3 Å². The number of benzene rings is 2. The molecule has 0 spiro atoms. The van der Waals surface area contributed by atoms with E-state index in [1.807, 2.05) is 24.3 Å². The first-order chi connectivity index (χ1) is 21.2. The van der Waals surface area contributed by atoms with Gasteiger partial charge in [-0.25, -0.2) is 0 Å². The Bertz CT molecular complexity index is 1280. The lowest BCUT2D eigenvalue weighted by atomic mass is 9.58. The fourth-order valence-electron chi connectivity index (χ4n) is 7.12. The van der Waals surface area contributed by atoms with Crippen LogP contribution in [0.5, 0.6) is 11.5 Å². The monoisotopic (exact) mass is 658 g/mol. The summed E-state index contributed by atoms with van der Waals surface area (Å²) in [5, 5.41) is 9.87. The highest BCUT2D eigenvalue weighted by atomic mass is 32.2. The molecule has 1 N–H and O–H groups in total. The third-order valence-corrected chi connectivity index (χ3v) is 11.1. The Balaban J connectivity index is 1.28. The van der Waals surface area contributed by atoms with E-state index in [4.69, 9.17) is 9.47 Å². The molecule has 2 aromatic carbocycles. The number of rotatable bonds is 14. The molecule has 11 heteroatoms. The maximum absolute atomic E-state index is 13.0. The molecule has 0 aromatic heterocycles. The summed E-state index contributed by atoms with van der Waals surface area (Å²) in [6.45, 7) is 4.15. The number of esters is 1. The van der Waals surface area contributed by atoms with Gasteiger partial charge in [0.05, 0.1) is 6.61 Å². The van der Waals surface area contributed by atoms with E-state index in [-0.39, 0.29) is 46.6 Å². The van der Waals surface area contributed by atoms with Crippen LogP contribution in [0.25, 0.3) is 0 Å². The van der Waals surface area contributed by atoms with Crippen molar-refractivity contribution in [2.24, 2.45) is 11.3 Å². The highest BCUT2D eigenvalue weighted by molar-refractivity contribution is 7.84. The van der Waals surface area contributed by atoms with Crippen LogP contribution in [0.4, 0.5) is 22.0 Å². The molecule has 2 aliphatic carbocycles. The Labute approximate surface area is 264 Å². The summed E-state index contributed by atoms with van der Waals surface area (Å²) in [5.74, 6) is -3.11. The lowest BCUT2D eigenvalue weighted by Gasteiger charge is -2.47. The van der Waals surface area contributed by atoms with Crippen LogP contribution in [0.3, 0.4) is 0 Å². The molecule has 0 saturated heterocycles. The number of aromatic hydroxyl groups is 1. The summed E-state index contributed by atoms with van der Waals surface area (Å²) >= 11 is 0. The van der Waals surface area contributed by atoms with E-state index in [1.165, 1.54) is 18.1 Å². The first kappa shape index (κ1) is 35.2. The van der Waals surface area contributed by atoms with Crippen molar-refractivity contribution >= 4 is 16.8 Å². The quantitative estimate of drug-likeness (QED) is 0.125. The zero-order valence-electron chi connectivity index (χ0n) is 25.8. The van der Waals surface area contributed by atoms with Crippen molar-refractivity contribution in [1.82, 2.24) is 0 Å². The minimum absolute atomic E-state index is 0.109. The Hall–Kier alpha value is -2.69. The summed E-state index contributed by atoms with van der Waals surface area (Å²) in [4.78, 5) is 11.9. The average Bonchev–Trinajstić information content (AvgIpc) is 3.28. The summed E-state index contributed by atoms with van der Waals surface area (Å²) in [6, 6.07) is 15.5. The van der Waals surface area contributed by atoms with Gasteiger partial charge >= 0.3 is 18.1 Å². The lowest BCUT2D eigenvalue weighted by molar-refractivity contribution is -0.284. The predicted octanol–water partition coefficient (Wildman–Crippen LogP) is 8.68. The number of carbonyl (C=O) groups is 1. The fraction of sp³-hybridized carbons (Fsp3) is 0.618. The van der Waals surface area contributed by atoms with Crippen LogP contribution in [0.15, 0.2) is 48.5 Å². The van der Waals surface area contributed by atoms with Gasteiger partial charge in [-0.1, -0.05) is 31.2 Å². The van der Waals surface area contributed by atoms with E-state index in [9.17, 15) is 36.1 Å². The van der Waals surface area contributed by atoms with Gasteiger partial charge in [0.1, 0.15) is 17.6 Å². The number of hydrogen-bond donors (Lipinski definition) is 1. The Kier molecular flexibility index (Phi) is 11.6. The summed E-state index contributed by atoms with van der Waals surface area (Å²) in [5.41, 5.74) is 2.22. The molecule has 2 aliphatic rings. The van der Waals surface area contributed by atoms with Gasteiger partial charge in [-0.2, -0.15) is 22.0 Å². The molecule has 2 aromatic rings. The van der Waals surface area contributed by atoms with Crippen LogP contribution in [0.2, 0.25) is 0 Å². The number of hydrogen-bond acceptors (Lipinski definition) is 5. The number of unbranched alkanes of at least 4 members (excludes halogenated alkanes) is 2. The molecule has 5 nitrogen and oxygen atoms in total. The van der Waals surface area contributed by atoms with Crippen molar-refractivity contribution in [3.05, 3.63) is 59.7 Å². The van der Waals surface area contributed by atoms with Gasteiger partial charge in [0.2, 0.25) is 0 Å². The number of halogens is 5. The Morgan fingerprint density at radius 3 is 2.18 bits per heavy atom. The number of phenolic OH excluding ortho intramolecular Hbond substituents is 1. The minimum atomic E-state index is -5.58. The first-order valence-electron chi connectivity index (χ1n) is 15.7. The largest absolute Gasteiger partial charge is 0.508 e. The van der Waals surface area contributed by atoms with E-state index >= 15 is 0 Å². The van der Waals surface area contributed by atoms with Gasteiger partial charge in [0.25, 0.3) is 0 Å². The third kappa shape index (κ3) is 8.98. The molecule has 1 unspecified atom stereocenters. The second-order valence-corrected chi connectivity index (χ2v) is 14.5. The maximum atomic E-state index is 13.0. The van der Waals surface area contributed by atoms with Crippen molar-refractivity contribution in [3.8, 4) is 11.5 Å². The molecule has 0 aliphatic heterocycles. The number of fused-ring (bicyclic) bond motifs is 1. The Morgan fingerprint density at radius 2 is 1.53 bits per heavy atom. The number of alkyl halides is 5. The molecule has 0 heterocycles. The van der Waals surface area contributed by atoms with Crippen LogP contribution in [-0.4, -0.2) is 51.6 Å². The van der Waals surface area contributed by atoms with Crippen molar-refractivity contribution in [3.63, 3.8) is 0 Å². The Morgan fingerprint density at radius 1 is 0.911 bits per heavy atom. The van der Waals surface area contributed by atoms with Gasteiger partial charge < -0.3 is 14.6 Å². The predicted molar refractivity (Wildman–Crippen MR) is 163 cm³/mol. The second-order valence-electron chi connectivity index (χ2n) is 12.8. The molecule has 0 amide bonds. The van der Waals surface area contributed by atoms with Crippen LogP contribution in [-0.2, 0) is 20.3 Å². The number of carbonyl (C=O) groups excluding carboxylic acids is 1. The van der Waals surface area contributed by atoms with Gasteiger partial charge in [0, 0.05) is 41.1 Å². The first-order valence-corrected chi connectivity index (χ1v) is 17.2. The van der Waals surface area contributed by atoms with Crippen LogP contribution in [0.1, 0.15) is 94.6 Å². The molecule has 4 rings (SSSR count). The molecule has 2 fully saturated rings. The van der Waals surface area contributed by atoms with Crippen molar-refractivity contribution in [1.29, 1.82) is 0 Å². The average molecular weight is 659 g/mol. The topological polar surface area (TPSA) is 72.8 Å². The highest BCUT2D eigenvalue weighted by Gasteiger charge is 2.56. The molecular formula is C34H43F5O5S. The van der Waals surface area contributed by atoms with Crippen LogP contribution < -0.4 is 4.74 Å². The van der Waals surface area contributed by atoms with Crippen LogP contribution >= 0.6 is 0 Å². The minimum Gasteiger partial charge on any atom is -0.508 e.